The fraction of sp³-hybridized carbons (Fsp3) is 0.533. The monoisotopic (exact) mass is 296 g/mol. The Morgan fingerprint density at radius 3 is 2.95 bits per heavy atom. The van der Waals surface area contributed by atoms with Gasteiger partial charge in [0.1, 0.15) is 0 Å². The highest BCUT2D eigenvalue weighted by Crippen LogP contribution is 2.18. The van der Waals surface area contributed by atoms with Crippen molar-refractivity contribution < 1.29 is 9.53 Å². The molecular formula is C15H21ClN2O2. The summed E-state index contributed by atoms with van der Waals surface area (Å²) in [4.78, 5) is 11.0. The molecule has 0 bridgehead atoms. The highest BCUT2D eigenvalue weighted by molar-refractivity contribution is 6.31. The Bertz CT molecular complexity index is 459. The first-order chi connectivity index (χ1) is 9.66. The highest BCUT2D eigenvalue weighted by Gasteiger charge is 2.13. The van der Waals surface area contributed by atoms with Gasteiger partial charge >= 0.3 is 0 Å². The van der Waals surface area contributed by atoms with Gasteiger partial charge in [0.25, 0.3) is 0 Å². The van der Waals surface area contributed by atoms with Crippen LogP contribution in [0.1, 0.15) is 41.6 Å². The molecule has 110 valence electrons. The molecule has 1 saturated heterocycles. The Balaban J connectivity index is 1.74. The lowest BCUT2D eigenvalue weighted by atomic mass is 10.1. The summed E-state index contributed by atoms with van der Waals surface area (Å²) in [5, 5.41) is 3.93. The second-order valence-electron chi connectivity index (χ2n) is 5.12. The SMILES string of the molecule is NC(=O)c1ccc(CNCCC2CCCCO2)c(Cl)c1. The summed E-state index contributed by atoms with van der Waals surface area (Å²) in [6, 6.07) is 5.16. The maximum absolute atomic E-state index is 11.0. The average Bonchev–Trinajstić information content (AvgIpc) is 2.46. The van der Waals surface area contributed by atoms with Crippen LogP contribution >= 0.6 is 11.6 Å². The van der Waals surface area contributed by atoms with Gasteiger partial charge in [-0.15, -0.1) is 0 Å². The molecule has 1 aliphatic heterocycles. The van der Waals surface area contributed by atoms with Crippen molar-refractivity contribution in [2.45, 2.75) is 38.3 Å². The van der Waals surface area contributed by atoms with Crippen LogP contribution in [0.5, 0.6) is 0 Å². The van der Waals surface area contributed by atoms with Gasteiger partial charge in [0.15, 0.2) is 0 Å². The molecule has 3 N–H and O–H groups in total. The number of hydrogen-bond acceptors (Lipinski definition) is 3. The minimum Gasteiger partial charge on any atom is -0.378 e. The fourth-order valence-corrected chi connectivity index (χ4v) is 2.61. The van der Waals surface area contributed by atoms with E-state index in [9.17, 15) is 4.79 Å². The molecule has 5 heteroatoms. The molecule has 1 amide bonds. The molecule has 1 heterocycles. The van der Waals surface area contributed by atoms with Crippen LogP contribution in [0.2, 0.25) is 5.02 Å². The summed E-state index contributed by atoms with van der Waals surface area (Å²) in [6.45, 7) is 2.48. The molecule has 0 radical (unpaired) electrons. The zero-order chi connectivity index (χ0) is 14.4. The second-order valence-corrected chi connectivity index (χ2v) is 5.53. The molecule has 0 spiro atoms. The molecule has 0 aromatic heterocycles. The van der Waals surface area contributed by atoms with Gasteiger partial charge in [-0.3, -0.25) is 4.79 Å². The normalized spacial score (nSPS) is 18.9. The van der Waals surface area contributed by atoms with E-state index in [0.29, 0.717) is 23.2 Å². The minimum atomic E-state index is -0.458. The van der Waals surface area contributed by atoms with E-state index >= 15 is 0 Å². The molecular weight excluding hydrogens is 276 g/mol. The number of carbonyl (C=O) groups excluding carboxylic acids is 1. The van der Waals surface area contributed by atoms with E-state index in [0.717, 1.165) is 31.6 Å². The maximum atomic E-state index is 11.0. The second kappa shape index (κ2) is 7.62. The van der Waals surface area contributed by atoms with Gasteiger partial charge in [-0.05, 0) is 49.9 Å². The summed E-state index contributed by atoms with van der Waals surface area (Å²) in [5.74, 6) is -0.458. The van der Waals surface area contributed by atoms with Crippen LogP contribution in [0.3, 0.4) is 0 Å². The number of carbonyl (C=O) groups is 1. The average molecular weight is 297 g/mol. The molecule has 1 aromatic rings. The van der Waals surface area contributed by atoms with Crippen LogP contribution in [0.4, 0.5) is 0 Å². The van der Waals surface area contributed by atoms with Crippen molar-refractivity contribution in [2.75, 3.05) is 13.2 Å². The molecule has 1 atom stereocenters. The van der Waals surface area contributed by atoms with E-state index < -0.39 is 5.91 Å². The smallest absolute Gasteiger partial charge is 0.248 e. The van der Waals surface area contributed by atoms with Gasteiger partial charge in [0.2, 0.25) is 5.91 Å². The number of hydrogen-bond donors (Lipinski definition) is 2. The topological polar surface area (TPSA) is 64.4 Å². The number of ether oxygens (including phenoxy) is 1. The summed E-state index contributed by atoms with van der Waals surface area (Å²) in [7, 11) is 0. The molecule has 1 aliphatic rings. The Morgan fingerprint density at radius 1 is 1.45 bits per heavy atom. The first kappa shape index (κ1) is 15.3. The lowest BCUT2D eigenvalue weighted by Crippen LogP contribution is -2.25. The van der Waals surface area contributed by atoms with Crippen LogP contribution in [-0.4, -0.2) is 25.2 Å². The Morgan fingerprint density at radius 2 is 2.30 bits per heavy atom. The zero-order valence-electron chi connectivity index (χ0n) is 11.5. The van der Waals surface area contributed by atoms with Gasteiger partial charge in [0, 0.05) is 23.7 Å². The number of amides is 1. The number of nitrogens with two attached hydrogens (primary N) is 1. The molecule has 1 fully saturated rings. The number of rotatable bonds is 6. The minimum absolute atomic E-state index is 0.393. The molecule has 1 aromatic carbocycles. The quantitative estimate of drug-likeness (QED) is 0.793. The van der Waals surface area contributed by atoms with E-state index in [1.54, 1.807) is 12.1 Å². The summed E-state index contributed by atoms with van der Waals surface area (Å²) in [6.07, 6.45) is 5.03. The first-order valence-electron chi connectivity index (χ1n) is 7.07. The van der Waals surface area contributed by atoms with E-state index in [4.69, 9.17) is 22.1 Å². The third-order valence-electron chi connectivity index (χ3n) is 3.57. The van der Waals surface area contributed by atoms with E-state index in [1.807, 2.05) is 6.07 Å². The predicted molar refractivity (Wildman–Crippen MR) is 79.9 cm³/mol. The van der Waals surface area contributed by atoms with Crippen LogP contribution < -0.4 is 11.1 Å². The fourth-order valence-electron chi connectivity index (χ4n) is 2.37. The molecule has 0 aliphatic carbocycles. The first-order valence-corrected chi connectivity index (χ1v) is 7.45. The van der Waals surface area contributed by atoms with Crippen molar-refractivity contribution in [3.63, 3.8) is 0 Å². The summed E-state index contributed by atoms with van der Waals surface area (Å²) < 4.78 is 5.68. The molecule has 1 unspecified atom stereocenters. The predicted octanol–water partition coefficient (Wildman–Crippen LogP) is 2.49. The Labute approximate surface area is 124 Å². The maximum Gasteiger partial charge on any atom is 0.248 e. The zero-order valence-corrected chi connectivity index (χ0v) is 12.3. The van der Waals surface area contributed by atoms with E-state index in [2.05, 4.69) is 5.32 Å². The summed E-state index contributed by atoms with van der Waals surface area (Å²) >= 11 is 6.13. The van der Waals surface area contributed by atoms with Gasteiger partial charge in [-0.1, -0.05) is 17.7 Å². The van der Waals surface area contributed by atoms with Gasteiger partial charge < -0.3 is 15.8 Å². The number of benzene rings is 1. The number of nitrogens with one attached hydrogen (secondary N) is 1. The van der Waals surface area contributed by atoms with Crippen molar-refractivity contribution in [1.29, 1.82) is 0 Å². The lowest BCUT2D eigenvalue weighted by Gasteiger charge is -2.22. The van der Waals surface area contributed by atoms with Gasteiger partial charge in [0.05, 0.1) is 6.10 Å². The number of primary amides is 1. The van der Waals surface area contributed by atoms with Crippen LogP contribution in [0.25, 0.3) is 0 Å². The van der Waals surface area contributed by atoms with Gasteiger partial charge in [-0.2, -0.15) is 0 Å². The number of halogens is 1. The van der Waals surface area contributed by atoms with Gasteiger partial charge in [-0.25, -0.2) is 0 Å². The van der Waals surface area contributed by atoms with E-state index in [1.165, 1.54) is 12.8 Å². The molecule has 0 saturated carbocycles. The lowest BCUT2D eigenvalue weighted by molar-refractivity contribution is 0.0115. The molecule has 4 nitrogen and oxygen atoms in total. The van der Waals surface area contributed by atoms with Crippen LogP contribution in [0, 0.1) is 0 Å². The standard InChI is InChI=1S/C15H21ClN2O2/c16-14-9-11(15(17)19)4-5-12(14)10-18-7-6-13-3-1-2-8-20-13/h4-5,9,13,18H,1-3,6-8,10H2,(H2,17,19). The highest BCUT2D eigenvalue weighted by atomic mass is 35.5. The largest absolute Gasteiger partial charge is 0.378 e. The third-order valence-corrected chi connectivity index (χ3v) is 3.92. The van der Waals surface area contributed by atoms with Crippen LogP contribution in [-0.2, 0) is 11.3 Å². The summed E-state index contributed by atoms with van der Waals surface area (Å²) in [5.41, 5.74) is 6.62. The van der Waals surface area contributed by atoms with Crippen molar-refractivity contribution in [3.8, 4) is 0 Å². The Kier molecular flexibility index (Phi) is 5.83. The van der Waals surface area contributed by atoms with E-state index in [-0.39, 0.29) is 0 Å². The molecule has 20 heavy (non-hydrogen) atoms. The van der Waals surface area contributed by atoms with Crippen molar-refractivity contribution in [1.82, 2.24) is 5.32 Å². The Hall–Kier alpha value is -1.10. The third kappa shape index (κ3) is 4.47. The van der Waals surface area contributed by atoms with Crippen molar-refractivity contribution in [2.24, 2.45) is 5.73 Å². The van der Waals surface area contributed by atoms with Crippen molar-refractivity contribution in [3.05, 3.63) is 34.3 Å². The van der Waals surface area contributed by atoms with Crippen molar-refractivity contribution >= 4 is 17.5 Å². The molecule has 2 rings (SSSR count). The van der Waals surface area contributed by atoms with Crippen LogP contribution in [0.15, 0.2) is 18.2 Å².